The lowest BCUT2D eigenvalue weighted by Gasteiger charge is -1.59. The molecule has 0 aliphatic rings. The quantitative estimate of drug-likeness (QED) is 0.280. The Labute approximate surface area is 42.6 Å². The molecule has 44 valence electrons. The van der Waals surface area contributed by atoms with Crippen LogP contribution in [0.4, 0.5) is 0 Å². The average molecular weight is 127 g/mol. The highest BCUT2D eigenvalue weighted by Gasteiger charge is 1.62. The van der Waals surface area contributed by atoms with Crippen LogP contribution in [0, 0.1) is 0 Å². The van der Waals surface area contributed by atoms with Crippen LogP contribution in [0.2, 0.25) is 0 Å². The van der Waals surface area contributed by atoms with Gasteiger partial charge in [0.1, 0.15) is 0 Å². The normalized spacial score (nSPS) is 6.71. The predicted octanol–water partition coefficient (Wildman–Crippen LogP) is -1.22. The number of carbonyl (C=O) groups is 1. The molecule has 0 saturated carbocycles. The largest absolute Gasteiger partial charge is 0.372 e. The van der Waals surface area contributed by atoms with Crippen molar-refractivity contribution >= 4 is 17.8 Å². The molecule has 0 radical (unpaired) electrons. The van der Waals surface area contributed by atoms with Crippen LogP contribution < -0.4 is 5.73 Å². The van der Waals surface area contributed by atoms with Crippen LogP contribution in [-0.2, 0) is 16.2 Å². The van der Waals surface area contributed by atoms with E-state index in [4.69, 9.17) is 18.1 Å². The minimum Gasteiger partial charge on any atom is -0.372 e. The van der Waals surface area contributed by atoms with Gasteiger partial charge in [-0.1, -0.05) is 0 Å². The lowest BCUT2D eigenvalue weighted by atomic mass is 11.5. The van der Waals surface area contributed by atoms with Gasteiger partial charge in [0.05, 0.1) is 0 Å². The number of hydrogen-bond acceptors (Lipinski definition) is 2. The summed E-state index contributed by atoms with van der Waals surface area (Å²) in [6, 6.07) is 0. The Morgan fingerprint density at radius 1 is 1.57 bits per heavy atom. The number of rotatable bonds is 0. The van der Waals surface area contributed by atoms with E-state index >= 15 is 0 Å². The summed E-state index contributed by atoms with van der Waals surface area (Å²) in [6.45, 7) is 0. The van der Waals surface area contributed by atoms with Gasteiger partial charge >= 0.3 is 0 Å². The summed E-state index contributed by atoms with van der Waals surface area (Å²) in [7, 11) is 0. The monoisotopic (exact) mass is 127 g/mol. The van der Waals surface area contributed by atoms with E-state index in [0.717, 1.165) is 0 Å². The molecule has 0 fully saturated rings. The van der Waals surface area contributed by atoms with E-state index in [9.17, 15) is 0 Å². The number of carbonyl (C=O) groups excluding carboxylic acids is 1. The molecule has 0 aliphatic heterocycles. The molecule has 0 rings (SSSR count). The second kappa shape index (κ2) is 9.11. The van der Waals surface area contributed by atoms with Gasteiger partial charge in [0.15, 0.2) is 0 Å². The summed E-state index contributed by atoms with van der Waals surface area (Å²) >= 11 is -2.61. The van der Waals surface area contributed by atoms with Crippen molar-refractivity contribution in [2.24, 2.45) is 5.73 Å². The first-order valence-electron chi connectivity index (χ1n) is 1.10. The summed E-state index contributed by atoms with van der Waals surface area (Å²) in [6.07, 6.45) is 0.250. The van der Waals surface area contributed by atoms with Gasteiger partial charge in [0.2, 0.25) is 6.41 Å². The third kappa shape index (κ3) is 328. The highest BCUT2D eigenvalue weighted by Crippen LogP contribution is 1.44. The maximum atomic E-state index is 8.67. The van der Waals surface area contributed by atoms with Crippen LogP contribution in [0.25, 0.3) is 0 Å². The molecule has 0 aliphatic carbocycles. The third-order valence-corrected chi connectivity index (χ3v) is 0. The molecule has 0 saturated heterocycles. The molecular formula is CH5NO4S. The van der Waals surface area contributed by atoms with Crippen molar-refractivity contribution in [2.45, 2.75) is 0 Å². The Bertz CT molecular complexity index is 58.7. The highest BCUT2D eigenvalue weighted by molar-refractivity contribution is 7.73. The van der Waals surface area contributed by atoms with Crippen LogP contribution in [0.15, 0.2) is 0 Å². The molecule has 0 bridgehead atoms. The molecular weight excluding hydrogens is 122 g/mol. The Kier molecular flexibility index (Phi) is 12.7. The first-order chi connectivity index (χ1) is 3.15. The topological polar surface area (TPSA) is 101 Å². The summed E-state index contributed by atoms with van der Waals surface area (Å²) < 4.78 is 22.8. The van der Waals surface area contributed by atoms with E-state index in [1.165, 1.54) is 0 Å². The molecule has 0 heterocycles. The second-order valence-corrected chi connectivity index (χ2v) is 0.828. The summed E-state index contributed by atoms with van der Waals surface area (Å²) in [4.78, 5) is 8.58. The molecule has 1 amide bonds. The standard InChI is InChI=1S/CH3NO.H2O3S/c2-1-3;1-4(2)3/h1H,(H2,2,3);(H2,1,2,3). The minimum absolute atomic E-state index is 0.250. The molecule has 0 unspecified atom stereocenters. The second-order valence-electron chi connectivity index (χ2n) is 0.367. The van der Waals surface area contributed by atoms with Crippen molar-refractivity contribution in [3.63, 3.8) is 0 Å². The van der Waals surface area contributed by atoms with Crippen LogP contribution in [0.5, 0.6) is 0 Å². The zero-order chi connectivity index (χ0) is 6.28. The molecule has 0 spiro atoms. The third-order valence-electron chi connectivity index (χ3n) is 0. The summed E-state index contributed by atoms with van der Waals surface area (Å²) in [5.74, 6) is 0. The van der Waals surface area contributed by atoms with Crippen LogP contribution >= 0.6 is 0 Å². The molecule has 0 atom stereocenters. The number of hydrogen-bond donors (Lipinski definition) is 3. The SMILES string of the molecule is NC=O.O=S(O)O. The fourth-order valence-electron chi connectivity index (χ4n) is 0. The Hall–Kier alpha value is -0.460. The number of primary amides is 1. The van der Waals surface area contributed by atoms with Gasteiger partial charge in [-0.2, -0.15) is 4.21 Å². The van der Waals surface area contributed by atoms with E-state index in [-0.39, 0.29) is 6.41 Å². The van der Waals surface area contributed by atoms with E-state index in [2.05, 4.69) is 5.73 Å². The maximum Gasteiger partial charge on any atom is 0.299 e. The fourth-order valence-corrected chi connectivity index (χ4v) is 0. The van der Waals surface area contributed by atoms with E-state index in [1.807, 2.05) is 0 Å². The molecule has 4 N–H and O–H groups in total. The lowest BCUT2D eigenvalue weighted by molar-refractivity contribution is -0.106. The van der Waals surface area contributed by atoms with Crippen molar-refractivity contribution < 1.29 is 18.1 Å². The maximum absolute atomic E-state index is 8.67. The van der Waals surface area contributed by atoms with Crippen molar-refractivity contribution in [1.82, 2.24) is 0 Å². The van der Waals surface area contributed by atoms with Crippen molar-refractivity contribution in [2.75, 3.05) is 0 Å². The average Bonchev–Trinajstić information content (AvgIpc) is 1.33. The Morgan fingerprint density at radius 2 is 1.57 bits per heavy atom. The van der Waals surface area contributed by atoms with Crippen molar-refractivity contribution in [3.05, 3.63) is 0 Å². The summed E-state index contributed by atoms with van der Waals surface area (Å²) in [5.41, 5.74) is 4.17. The number of amides is 1. The van der Waals surface area contributed by atoms with Gasteiger partial charge in [-0.25, -0.2) is 0 Å². The minimum atomic E-state index is -2.61. The van der Waals surface area contributed by atoms with Gasteiger partial charge in [0.25, 0.3) is 11.4 Å². The zero-order valence-corrected chi connectivity index (χ0v) is 4.09. The molecule has 0 aromatic carbocycles. The van der Waals surface area contributed by atoms with Gasteiger partial charge in [-0.05, 0) is 0 Å². The van der Waals surface area contributed by atoms with Gasteiger partial charge < -0.3 is 5.73 Å². The van der Waals surface area contributed by atoms with E-state index in [0.29, 0.717) is 0 Å². The first kappa shape index (κ1) is 9.74. The Morgan fingerprint density at radius 3 is 1.57 bits per heavy atom. The predicted molar refractivity (Wildman–Crippen MR) is 23.7 cm³/mol. The van der Waals surface area contributed by atoms with E-state index < -0.39 is 11.4 Å². The molecule has 0 aromatic rings. The van der Waals surface area contributed by atoms with Gasteiger partial charge in [-0.3, -0.25) is 13.9 Å². The molecule has 0 aromatic heterocycles. The smallest absolute Gasteiger partial charge is 0.299 e. The number of nitrogens with two attached hydrogens (primary N) is 1. The summed E-state index contributed by atoms with van der Waals surface area (Å²) in [5, 5.41) is 0. The first-order valence-corrected chi connectivity index (χ1v) is 2.16. The van der Waals surface area contributed by atoms with Crippen LogP contribution in [0.1, 0.15) is 0 Å². The van der Waals surface area contributed by atoms with Crippen LogP contribution in [0.3, 0.4) is 0 Å². The highest BCUT2D eigenvalue weighted by atomic mass is 32.2. The van der Waals surface area contributed by atoms with E-state index in [1.54, 1.807) is 0 Å². The fraction of sp³-hybridized carbons (Fsp3) is 0. The Balaban J connectivity index is 0. The molecule has 6 heteroatoms. The van der Waals surface area contributed by atoms with Crippen LogP contribution in [-0.4, -0.2) is 19.7 Å². The lowest BCUT2D eigenvalue weighted by Crippen LogP contribution is -1.82. The molecule has 5 nitrogen and oxygen atoms in total. The van der Waals surface area contributed by atoms with Crippen molar-refractivity contribution in [3.8, 4) is 0 Å². The zero-order valence-electron chi connectivity index (χ0n) is 3.27. The van der Waals surface area contributed by atoms with Gasteiger partial charge in [0, 0.05) is 0 Å². The molecule has 7 heavy (non-hydrogen) atoms. The van der Waals surface area contributed by atoms with Crippen molar-refractivity contribution in [1.29, 1.82) is 0 Å². The van der Waals surface area contributed by atoms with Gasteiger partial charge in [-0.15, -0.1) is 0 Å².